The zero-order valence-corrected chi connectivity index (χ0v) is 14.2. The molecular formula is C22H18N2O2. The highest BCUT2D eigenvalue weighted by Gasteiger charge is 2.05. The molecule has 4 nitrogen and oxygen atoms in total. The minimum atomic E-state index is 0.451. The monoisotopic (exact) mass is 342 g/mol. The number of hydrogen-bond acceptors (Lipinski definition) is 4. The van der Waals surface area contributed by atoms with Gasteiger partial charge in [0.2, 0.25) is 0 Å². The Balaban J connectivity index is 1.78. The molecule has 0 saturated carbocycles. The van der Waals surface area contributed by atoms with Crippen LogP contribution < -0.4 is 9.47 Å². The van der Waals surface area contributed by atoms with E-state index >= 15 is 0 Å². The lowest BCUT2D eigenvalue weighted by molar-refractivity contribution is 0.217. The normalized spacial score (nSPS) is 13.4. The summed E-state index contributed by atoms with van der Waals surface area (Å²) in [6.45, 7) is 0.903. The van der Waals surface area contributed by atoms with Gasteiger partial charge in [0.1, 0.15) is 24.7 Å². The Bertz CT molecular complexity index is 885. The second kappa shape index (κ2) is 7.66. The van der Waals surface area contributed by atoms with Crippen molar-refractivity contribution in [3.8, 4) is 11.5 Å². The summed E-state index contributed by atoms with van der Waals surface area (Å²) in [7, 11) is 0. The predicted molar refractivity (Wildman–Crippen MR) is 105 cm³/mol. The third-order valence-corrected chi connectivity index (χ3v) is 4.00. The quantitative estimate of drug-likeness (QED) is 0.579. The Morgan fingerprint density at radius 1 is 0.538 bits per heavy atom. The second-order valence-electron chi connectivity index (χ2n) is 5.78. The van der Waals surface area contributed by atoms with E-state index in [2.05, 4.69) is 9.98 Å². The first kappa shape index (κ1) is 16.1. The van der Waals surface area contributed by atoms with Crippen LogP contribution in [0.5, 0.6) is 11.5 Å². The van der Waals surface area contributed by atoms with Crippen LogP contribution in [0.15, 0.2) is 82.8 Å². The summed E-state index contributed by atoms with van der Waals surface area (Å²) in [5.41, 5.74) is 3.44. The van der Waals surface area contributed by atoms with E-state index in [-0.39, 0.29) is 0 Å². The number of rotatable bonds is 0. The maximum Gasteiger partial charge on any atom is 0.128 e. The lowest BCUT2D eigenvalue weighted by Crippen LogP contribution is -2.10. The van der Waals surface area contributed by atoms with Gasteiger partial charge in [-0.3, -0.25) is 9.98 Å². The van der Waals surface area contributed by atoms with Crippen molar-refractivity contribution in [3.63, 3.8) is 0 Å². The van der Waals surface area contributed by atoms with Gasteiger partial charge in [0.05, 0.1) is 11.4 Å². The van der Waals surface area contributed by atoms with Crippen LogP contribution in [-0.2, 0) is 0 Å². The minimum Gasteiger partial charge on any atom is -0.489 e. The molecule has 0 fully saturated rings. The van der Waals surface area contributed by atoms with E-state index in [4.69, 9.17) is 9.47 Å². The van der Waals surface area contributed by atoms with E-state index in [9.17, 15) is 0 Å². The van der Waals surface area contributed by atoms with Gasteiger partial charge in [0.25, 0.3) is 0 Å². The van der Waals surface area contributed by atoms with E-state index in [1.165, 1.54) is 0 Å². The molecule has 0 radical (unpaired) electrons. The molecule has 0 spiro atoms. The van der Waals surface area contributed by atoms with Gasteiger partial charge in [-0.15, -0.1) is 0 Å². The molecule has 0 aliphatic carbocycles. The lowest BCUT2D eigenvalue weighted by Gasteiger charge is -2.12. The van der Waals surface area contributed by atoms with Crippen molar-refractivity contribution in [1.29, 1.82) is 0 Å². The minimum absolute atomic E-state index is 0.451. The Kier molecular flexibility index (Phi) is 4.74. The Labute approximate surface area is 152 Å². The van der Waals surface area contributed by atoms with Crippen LogP contribution in [0.25, 0.3) is 0 Å². The molecule has 0 bridgehead atoms. The number of benzene rings is 3. The molecule has 128 valence electrons. The summed E-state index contributed by atoms with van der Waals surface area (Å²) in [5, 5.41) is 0. The highest BCUT2D eigenvalue weighted by molar-refractivity contribution is 5.89. The van der Waals surface area contributed by atoms with Gasteiger partial charge in [-0.05, 0) is 36.4 Å². The first-order chi connectivity index (χ1) is 12.9. The molecule has 3 aromatic carbocycles. The smallest absolute Gasteiger partial charge is 0.128 e. The molecule has 4 heteroatoms. The molecule has 0 aromatic heterocycles. The molecule has 4 rings (SSSR count). The molecule has 0 unspecified atom stereocenters. The van der Waals surface area contributed by atoms with Gasteiger partial charge in [0, 0.05) is 23.6 Å². The topological polar surface area (TPSA) is 43.2 Å². The standard InChI is InChI=1S/C22H18N2O2/c1-5-11-21-17(7-1)15-23-19-9-3-4-10-20(19)24-16-18-8-2-6-12-22(18)26-14-13-25-21/h1-12,15-16H,13-14H2. The molecule has 0 amide bonds. The van der Waals surface area contributed by atoms with Gasteiger partial charge >= 0.3 is 0 Å². The summed E-state index contributed by atoms with van der Waals surface area (Å²) in [6.07, 6.45) is 3.62. The van der Waals surface area contributed by atoms with Crippen LogP contribution in [0, 0.1) is 0 Å². The summed E-state index contributed by atoms with van der Waals surface area (Å²) in [4.78, 5) is 9.24. The predicted octanol–water partition coefficient (Wildman–Crippen LogP) is 4.96. The van der Waals surface area contributed by atoms with Crippen LogP contribution in [0.3, 0.4) is 0 Å². The zero-order chi connectivity index (χ0) is 17.6. The van der Waals surface area contributed by atoms with E-state index in [1.807, 2.05) is 85.2 Å². The molecular weight excluding hydrogens is 324 g/mol. The fourth-order valence-corrected chi connectivity index (χ4v) is 2.70. The summed E-state index contributed by atoms with van der Waals surface area (Å²) >= 11 is 0. The number of para-hydroxylation sites is 4. The summed E-state index contributed by atoms with van der Waals surface area (Å²) in [5.74, 6) is 1.57. The van der Waals surface area contributed by atoms with Crippen molar-refractivity contribution in [1.82, 2.24) is 0 Å². The average molecular weight is 342 g/mol. The number of nitrogens with zero attached hydrogens (tertiary/aromatic N) is 2. The molecule has 3 aromatic rings. The number of hydrogen-bond donors (Lipinski definition) is 0. The average Bonchev–Trinajstić information content (AvgIpc) is 2.69. The van der Waals surface area contributed by atoms with E-state index in [0.29, 0.717) is 13.2 Å². The van der Waals surface area contributed by atoms with Crippen LogP contribution in [0.4, 0.5) is 11.4 Å². The SMILES string of the molecule is C1=Nc2ccccc2N=Cc2ccccc2OCCOc2ccccc21. The fraction of sp³-hybridized carbons (Fsp3) is 0.0909. The van der Waals surface area contributed by atoms with Crippen LogP contribution in [0.1, 0.15) is 11.1 Å². The van der Waals surface area contributed by atoms with Gasteiger partial charge < -0.3 is 9.47 Å². The first-order valence-electron chi connectivity index (χ1n) is 8.51. The maximum absolute atomic E-state index is 5.89. The number of fused-ring (bicyclic) bond motifs is 3. The molecule has 1 aliphatic heterocycles. The van der Waals surface area contributed by atoms with Gasteiger partial charge in [-0.25, -0.2) is 0 Å². The lowest BCUT2D eigenvalue weighted by atomic mass is 10.2. The molecule has 0 saturated heterocycles. The molecule has 1 aliphatic rings. The molecule has 0 N–H and O–H groups in total. The Morgan fingerprint density at radius 2 is 0.962 bits per heavy atom. The molecule has 1 heterocycles. The Morgan fingerprint density at radius 3 is 1.46 bits per heavy atom. The summed E-state index contributed by atoms with van der Waals surface area (Å²) in [6, 6.07) is 23.5. The van der Waals surface area contributed by atoms with Crippen LogP contribution >= 0.6 is 0 Å². The van der Waals surface area contributed by atoms with Crippen molar-refractivity contribution in [2.45, 2.75) is 0 Å². The highest BCUT2D eigenvalue weighted by atomic mass is 16.5. The van der Waals surface area contributed by atoms with Crippen LogP contribution in [0.2, 0.25) is 0 Å². The van der Waals surface area contributed by atoms with Gasteiger partial charge in [-0.2, -0.15) is 0 Å². The van der Waals surface area contributed by atoms with Crippen molar-refractivity contribution in [2.24, 2.45) is 9.98 Å². The van der Waals surface area contributed by atoms with Gasteiger partial charge in [0.15, 0.2) is 0 Å². The zero-order valence-electron chi connectivity index (χ0n) is 14.2. The van der Waals surface area contributed by atoms with E-state index in [0.717, 1.165) is 34.0 Å². The van der Waals surface area contributed by atoms with Gasteiger partial charge in [-0.1, -0.05) is 36.4 Å². The number of aliphatic imine (C=N–C) groups is 2. The Hall–Kier alpha value is -3.40. The number of ether oxygens (including phenoxy) is 2. The fourth-order valence-electron chi connectivity index (χ4n) is 2.70. The van der Waals surface area contributed by atoms with Crippen molar-refractivity contribution < 1.29 is 9.47 Å². The highest BCUT2D eigenvalue weighted by Crippen LogP contribution is 2.28. The van der Waals surface area contributed by atoms with Crippen molar-refractivity contribution >= 4 is 23.8 Å². The summed E-state index contributed by atoms with van der Waals surface area (Å²) < 4.78 is 11.8. The third-order valence-electron chi connectivity index (χ3n) is 4.00. The van der Waals surface area contributed by atoms with Crippen LogP contribution in [-0.4, -0.2) is 25.6 Å². The molecule has 0 atom stereocenters. The first-order valence-corrected chi connectivity index (χ1v) is 8.51. The second-order valence-corrected chi connectivity index (χ2v) is 5.78. The maximum atomic E-state index is 5.89. The largest absolute Gasteiger partial charge is 0.489 e. The van der Waals surface area contributed by atoms with E-state index in [1.54, 1.807) is 0 Å². The third kappa shape index (κ3) is 3.64. The van der Waals surface area contributed by atoms with E-state index < -0.39 is 0 Å². The van der Waals surface area contributed by atoms with Crippen molar-refractivity contribution in [2.75, 3.05) is 13.2 Å². The molecule has 26 heavy (non-hydrogen) atoms. The van der Waals surface area contributed by atoms with Crippen molar-refractivity contribution in [3.05, 3.63) is 83.9 Å².